The van der Waals surface area contributed by atoms with Gasteiger partial charge >= 0.3 is 0 Å². The van der Waals surface area contributed by atoms with Crippen LogP contribution in [0.25, 0.3) is 105 Å². The predicted octanol–water partition coefficient (Wildman–Crippen LogP) is 12.8. The van der Waals surface area contributed by atoms with Crippen LogP contribution >= 0.6 is 0 Å². The Bertz CT molecular complexity index is 3380. The minimum Gasteiger partial charge on any atom is -0.338 e. The second-order valence-electron chi connectivity index (χ2n) is 14.1. The van der Waals surface area contributed by atoms with Gasteiger partial charge < -0.3 is 18.7 Å². The van der Waals surface area contributed by atoms with Crippen LogP contribution in [0.2, 0.25) is 0 Å². The van der Waals surface area contributed by atoms with Crippen LogP contribution in [0, 0.1) is 0 Å². The average molecular weight is 692 g/mol. The zero-order chi connectivity index (χ0) is 35.3. The van der Waals surface area contributed by atoms with Gasteiger partial charge in [0, 0.05) is 56.4 Å². The number of fused-ring (bicyclic) bond motifs is 10. The van der Waals surface area contributed by atoms with E-state index in [1.54, 1.807) is 0 Å². The Kier molecular flexibility index (Phi) is 5.99. The largest absolute Gasteiger partial charge is 0.338 e. The molecule has 5 heteroatoms. The lowest BCUT2D eigenvalue weighted by molar-refractivity contribution is 1.17. The molecule has 0 unspecified atom stereocenters. The first-order valence-electron chi connectivity index (χ1n) is 18.4. The van der Waals surface area contributed by atoms with Crippen molar-refractivity contribution in [3.8, 4) is 28.5 Å². The summed E-state index contributed by atoms with van der Waals surface area (Å²) in [5, 5.41) is 7.40. The molecule has 4 heterocycles. The third kappa shape index (κ3) is 4.12. The van der Waals surface area contributed by atoms with Gasteiger partial charge in [-0.25, -0.2) is 4.98 Å². The van der Waals surface area contributed by atoms with Crippen LogP contribution < -0.4 is 0 Å². The van der Waals surface area contributed by atoms with Crippen molar-refractivity contribution in [3.05, 3.63) is 182 Å². The zero-order valence-corrected chi connectivity index (χ0v) is 29.1. The molecule has 0 bridgehead atoms. The third-order valence-electron chi connectivity index (χ3n) is 11.2. The van der Waals surface area contributed by atoms with Crippen LogP contribution in [0.4, 0.5) is 0 Å². The van der Waals surface area contributed by atoms with Crippen molar-refractivity contribution >= 4 is 76.5 Å². The SMILES string of the molecule is [HH].c1ccc(-n2c3ccccc3c3cc(-n4c5ccccc5c5cc6[nH]c(-c7ccc(-n8c9ccccc9c9ccccc98)cc7)nc6cc54)ccc32)cc1. The van der Waals surface area contributed by atoms with Crippen molar-refractivity contribution in [2.24, 2.45) is 0 Å². The summed E-state index contributed by atoms with van der Waals surface area (Å²) in [6, 6.07) is 65.4. The number of nitrogens with one attached hydrogen (secondary N) is 1. The molecule has 5 nitrogen and oxygen atoms in total. The van der Waals surface area contributed by atoms with E-state index in [1.807, 2.05) is 0 Å². The van der Waals surface area contributed by atoms with E-state index in [-0.39, 0.29) is 1.43 Å². The summed E-state index contributed by atoms with van der Waals surface area (Å²) in [5.74, 6) is 0.859. The van der Waals surface area contributed by atoms with E-state index in [2.05, 4.69) is 201 Å². The Labute approximate surface area is 311 Å². The Morgan fingerprint density at radius 3 is 1.39 bits per heavy atom. The first kappa shape index (κ1) is 29.2. The molecule has 0 fully saturated rings. The molecular formula is C49H33N5. The summed E-state index contributed by atoms with van der Waals surface area (Å²) in [4.78, 5) is 8.84. The second kappa shape index (κ2) is 11.1. The molecule has 1 N–H and O–H groups in total. The molecule has 8 aromatic carbocycles. The highest BCUT2D eigenvalue weighted by atomic mass is 15.0. The van der Waals surface area contributed by atoms with Crippen molar-refractivity contribution in [3.63, 3.8) is 0 Å². The van der Waals surface area contributed by atoms with Crippen molar-refractivity contribution in [2.75, 3.05) is 0 Å². The van der Waals surface area contributed by atoms with E-state index in [4.69, 9.17) is 4.98 Å². The number of benzene rings is 8. The van der Waals surface area contributed by atoms with Crippen LogP contribution in [0.15, 0.2) is 182 Å². The van der Waals surface area contributed by atoms with Gasteiger partial charge in [0.1, 0.15) is 5.82 Å². The van der Waals surface area contributed by atoms with Crippen LogP contribution in [0.5, 0.6) is 0 Å². The maximum absolute atomic E-state index is 5.18. The summed E-state index contributed by atoms with van der Waals surface area (Å²) >= 11 is 0. The maximum atomic E-state index is 5.18. The summed E-state index contributed by atoms with van der Waals surface area (Å²) in [5.41, 5.74) is 13.5. The number of para-hydroxylation sites is 5. The fourth-order valence-electron chi connectivity index (χ4n) is 8.81. The number of aromatic amines is 1. The normalized spacial score (nSPS) is 12.1. The number of nitrogens with zero attached hydrogens (tertiary/aromatic N) is 4. The van der Waals surface area contributed by atoms with E-state index in [0.29, 0.717) is 0 Å². The molecular weight excluding hydrogens is 659 g/mol. The number of imidazole rings is 1. The number of hydrogen-bond acceptors (Lipinski definition) is 1. The topological polar surface area (TPSA) is 43.5 Å². The van der Waals surface area contributed by atoms with E-state index in [1.165, 1.54) is 59.9 Å². The molecule has 12 rings (SSSR count). The fraction of sp³-hybridized carbons (Fsp3) is 0. The standard InChI is InChI=1S/C49H31N5.H2/c1-2-12-32(13-3-1)52-45-20-10-6-16-37(45)39-28-34(26-27-47(39)52)54-46-21-11-7-17-38(46)40-29-41-42(30-48(40)54)51-49(50-41)31-22-24-33(25-23-31)53-43-18-8-4-14-35(43)36-15-5-9-19-44(36)53;/h1-30H,(H,50,51);1H. The van der Waals surface area contributed by atoms with Crippen molar-refractivity contribution in [2.45, 2.75) is 0 Å². The molecule has 12 aromatic rings. The Morgan fingerprint density at radius 2 is 0.796 bits per heavy atom. The van der Waals surface area contributed by atoms with Gasteiger partial charge in [0.05, 0.1) is 44.1 Å². The quantitative estimate of drug-likeness (QED) is 0.196. The first-order chi connectivity index (χ1) is 26.8. The summed E-state index contributed by atoms with van der Waals surface area (Å²) in [6.07, 6.45) is 0. The highest BCUT2D eigenvalue weighted by molar-refractivity contribution is 6.14. The van der Waals surface area contributed by atoms with Gasteiger partial charge in [-0.05, 0) is 91.0 Å². The summed E-state index contributed by atoms with van der Waals surface area (Å²) in [7, 11) is 0. The molecule has 0 aliphatic heterocycles. The van der Waals surface area contributed by atoms with Crippen molar-refractivity contribution in [1.29, 1.82) is 0 Å². The van der Waals surface area contributed by atoms with Gasteiger partial charge in [0.15, 0.2) is 0 Å². The van der Waals surface area contributed by atoms with E-state index < -0.39 is 0 Å². The Balaban J connectivity index is 0.00000352. The van der Waals surface area contributed by atoms with Crippen LogP contribution in [0.1, 0.15) is 1.43 Å². The van der Waals surface area contributed by atoms with Gasteiger partial charge in [-0.1, -0.05) is 91.0 Å². The lowest BCUT2D eigenvalue weighted by atomic mass is 10.1. The molecule has 0 saturated heterocycles. The van der Waals surface area contributed by atoms with E-state index in [9.17, 15) is 0 Å². The molecule has 0 radical (unpaired) electrons. The lowest BCUT2D eigenvalue weighted by Gasteiger charge is -2.10. The minimum absolute atomic E-state index is 0. The van der Waals surface area contributed by atoms with Gasteiger partial charge in [-0.15, -0.1) is 0 Å². The second-order valence-corrected chi connectivity index (χ2v) is 14.1. The highest BCUT2D eigenvalue weighted by Crippen LogP contribution is 2.39. The van der Waals surface area contributed by atoms with Gasteiger partial charge in [-0.3, -0.25) is 0 Å². The summed E-state index contributed by atoms with van der Waals surface area (Å²) in [6.45, 7) is 0. The van der Waals surface area contributed by atoms with Gasteiger partial charge in [0.25, 0.3) is 0 Å². The molecule has 0 atom stereocenters. The van der Waals surface area contributed by atoms with Crippen LogP contribution in [0.3, 0.4) is 0 Å². The van der Waals surface area contributed by atoms with Crippen LogP contribution in [-0.2, 0) is 0 Å². The predicted molar refractivity (Wildman–Crippen MR) is 227 cm³/mol. The molecule has 54 heavy (non-hydrogen) atoms. The van der Waals surface area contributed by atoms with Gasteiger partial charge in [-0.2, -0.15) is 0 Å². The number of H-pyrrole nitrogens is 1. The third-order valence-corrected chi connectivity index (χ3v) is 11.2. The van der Waals surface area contributed by atoms with E-state index in [0.717, 1.165) is 45.0 Å². The molecule has 254 valence electrons. The summed E-state index contributed by atoms with van der Waals surface area (Å²) < 4.78 is 7.11. The highest BCUT2D eigenvalue weighted by Gasteiger charge is 2.18. The molecule has 4 aromatic heterocycles. The lowest BCUT2D eigenvalue weighted by Crippen LogP contribution is -1.95. The Morgan fingerprint density at radius 1 is 0.352 bits per heavy atom. The molecule has 0 saturated carbocycles. The smallest absolute Gasteiger partial charge is 0.138 e. The van der Waals surface area contributed by atoms with Crippen molar-refractivity contribution in [1.82, 2.24) is 23.7 Å². The zero-order valence-electron chi connectivity index (χ0n) is 29.1. The van der Waals surface area contributed by atoms with Gasteiger partial charge in [0.2, 0.25) is 0 Å². The van der Waals surface area contributed by atoms with Crippen LogP contribution in [-0.4, -0.2) is 23.7 Å². The minimum atomic E-state index is 0. The molecule has 0 aliphatic carbocycles. The molecule has 0 spiro atoms. The average Bonchev–Trinajstić information content (AvgIpc) is 3.98. The van der Waals surface area contributed by atoms with E-state index >= 15 is 0 Å². The maximum Gasteiger partial charge on any atom is 0.138 e. The van der Waals surface area contributed by atoms with Crippen molar-refractivity contribution < 1.29 is 1.43 Å². The first-order valence-corrected chi connectivity index (χ1v) is 18.4. The fourth-order valence-corrected chi connectivity index (χ4v) is 8.81. The Hall–Kier alpha value is -7.37. The number of hydrogen-bond donors (Lipinski definition) is 1. The molecule has 0 aliphatic rings. The monoisotopic (exact) mass is 691 g/mol. The number of rotatable bonds is 4. The number of aromatic nitrogens is 5. The molecule has 0 amide bonds.